The summed E-state index contributed by atoms with van der Waals surface area (Å²) in [5.74, 6) is 0.838. The molecule has 0 aliphatic heterocycles. The first-order chi connectivity index (χ1) is 12.1. The third-order valence-corrected chi connectivity index (χ3v) is 5.02. The third kappa shape index (κ3) is 5.70. The number of halogens is 1. The molecule has 0 saturated carbocycles. The smallest absolute Gasteiger partial charge is 0.191 e. The highest BCUT2D eigenvalue weighted by Gasteiger charge is 2.08. The summed E-state index contributed by atoms with van der Waals surface area (Å²) in [4.78, 5) is 11.7. The molecule has 2 N–H and O–H groups in total. The predicted octanol–water partition coefficient (Wildman–Crippen LogP) is 3.66. The van der Waals surface area contributed by atoms with Gasteiger partial charge in [0.15, 0.2) is 5.96 Å². The van der Waals surface area contributed by atoms with E-state index in [2.05, 4.69) is 52.8 Å². The number of rotatable bonds is 6. The van der Waals surface area contributed by atoms with Crippen LogP contribution in [0, 0.1) is 6.92 Å². The first kappa shape index (κ1) is 20.7. The Hall–Kier alpha value is -1.61. The van der Waals surface area contributed by atoms with Crippen molar-refractivity contribution in [3.8, 4) is 0 Å². The number of pyridine rings is 1. The average Bonchev–Trinajstić information content (AvgIpc) is 3.19. The summed E-state index contributed by atoms with van der Waals surface area (Å²) in [7, 11) is 1.81. The summed E-state index contributed by atoms with van der Waals surface area (Å²) < 4.78 is 2.05. The number of guanidine groups is 1. The van der Waals surface area contributed by atoms with Crippen molar-refractivity contribution >= 4 is 46.9 Å². The summed E-state index contributed by atoms with van der Waals surface area (Å²) >= 11 is 1.86. The molecule has 1 atom stereocenters. The second kappa shape index (κ2) is 9.91. The molecule has 0 bridgehead atoms. The molecule has 3 rings (SSSR count). The molecule has 0 amide bonds. The molecule has 0 radical (unpaired) electrons. The second-order valence-electron chi connectivity index (χ2n) is 6.21. The minimum Gasteiger partial charge on any atom is -0.356 e. The number of hydrogen-bond donors (Lipinski definition) is 2. The highest BCUT2D eigenvalue weighted by molar-refractivity contribution is 14.0. The van der Waals surface area contributed by atoms with Crippen LogP contribution in [0.15, 0.2) is 47.7 Å². The Morgan fingerprint density at radius 2 is 2.15 bits per heavy atom. The minimum absolute atomic E-state index is 0. The molecule has 3 heterocycles. The van der Waals surface area contributed by atoms with E-state index in [1.165, 1.54) is 9.75 Å². The highest BCUT2D eigenvalue weighted by Crippen LogP contribution is 2.16. The Bertz CT molecular complexity index is 821. The van der Waals surface area contributed by atoms with E-state index in [1.807, 2.05) is 47.2 Å². The van der Waals surface area contributed by atoms with Crippen molar-refractivity contribution < 1.29 is 0 Å². The molecule has 3 aromatic heterocycles. The van der Waals surface area contributed by atoms with Gasteiger partial charge in [-0.05, 0) is 38.1 Å². The Balaban J connectivity index is 0.00000243. The van der Waals surface area contributed by atoms with Crippen LogP contribution in [0.25, 0.3) is 5.65 Å². The number of imidazole rings is 1. The van der Waals surface area contributed by atoms with Crippen molar-refractivity contribution in [2.24, 2.45) is 4.99 Å². The first-order valence-corrected chi connectivity index (χ1v) is 9.41. The van der Waals surface area contributed by atoms with Crippen molar-refractivity contribution in [2.45, 2.75) is 32.7 Å². The number of thiophene rings is 1. The van der Waals surface area contributed by atoms with Crippen LogP contribution in [0.3, 0.4) is 0 Å². The molecule has 26 heavy (non-hydrogen) atoms. The largest absolute Gasteiger partial charge is 0.356 e. The fourth-order valence-electron chi connectivity index (χ4n) is 2.79. The topological polar surface area (TPSA) is 53.7 Å². The van der Waals surface area contributed by atoms with Gasteiger partial charge >= 0.3 is 0 Å². The van der Waals surface area contributed by atoms with Crippen LogP contribution in [0.4, 0.5) is 0 Å². The number of nitrogens with one attached hydrogen (secondary N) is 2. The molecule has 0 spiro atoms. The fraction of sp³-hybridized carbons (Fsp3) is 0.368. The lowest BCUT2D eigenvalue weighted by atomic mass is 10.2. The lowest BCUT2D eigenvalue weighted by Gasteiger charge is -2.17. The molecule has 140 valence electrons. The summed E-state index contributed by atoms with van der Waals surface area (Å²) in [6, 6.07) is 10.8. The van der Waals surface area contributed by atoms with E-state index in [1.54, 1.807) is 0 Å². The number of nitrogens with zero attached hydrogens (tertiary/aromatic N) is 3. The van der Waals surface area contributed by atoms with Gasteiger partial charge in [0, 0.05) is 54.6 Å². The Morgan fingerprint density at radius 1 is 1.31 bits per heavy atom. The number of aliphatic imine (C=N–C) groups is 1. The molecule has 0 aromatic carbocycles. The fourth-order valence-corrected chi connectivity index (χ4v) is 3.81. The zero-order valence-corrected chi connectivity index (χ0v) is 18.5. The van der Waals surface area contributed by atoms with Gasteiger partial charge in [0.1, 0.15) is 5.65 Å². The molecular formula is C19H26IN5S. The van der Waals surface area contributed by atoms with Crippen LogP contribution in [0.5, 0.6) is 0 Å². The van der Waals surface area contributed by atoms with E-state index in [0.717, 1.165) is 36.7 Å². The quantitative estimate of drug-likeness (QED) is 0.320. The van der Waals surface area contributed by atoms with E-state index in [0.29, 0.717) is 6.04 Å². The van der Waals surface area contributed by atoms with Gasteiger partial charge in [-0.2, -0.15) is 0 Å². The summed E-state index contributed by atoms with van der Waals surface area (Å²) in [6.45, 7) is 5.13. The van der Waals surface area contributed by atoms with Crippen molar-refractivity contribution in [3.63, 3.8) is 0 Å². The van der Waals surface area contributed by atoms with Gasteiger partial charge in [0.05, 0.1) is 5.69 Å². The summed E-state index contributed by atoms with van der Waals surface area (Å²) in [5, 5.41) is 6.83. The van der Waals surface area contributed by atoms with E-state index >= 15 is 0 Å². The van der Waals surface area contributed by atoms with Crippen molar-refractivity contribution in [3.05, 3.63) is 58.2 Å². The maximum atomic E-state index is 4.62. The molecule has 0 aliphatic carbocycles. The van der Waals surface area contributed by atoms with Crippen LogP contribution in [-0.4, -0.2) is 35.0 Å². The number of hydrogen-bond acceptors (Lipinski definition) is 3. The van der Waals surface area contributed by atoms with E-state index < -0.39 is 0 Å². The normalized spacial score (nSPS) is 12.7. The molecule has 5 nitrogen and oxygen atoms in total. The van der Waals surface area contributed by atoms with Crippen LogP contribution < -0.4 is 10.6 Å². The minimum atomic E-state index is 0. The molecular weight excluding hydrogens is 457 g/mol. The number of fused-ring (bicyclic) bond motifs is 1. The van der Waals surface area contributed by atoms with Gasteiger partial charge in [0.2, 0.25) is 0 Å². The molecule has 1 unspecified atom stereocenters. The monoisotopic (exact) mass is 483 g/mol. The molecule has 0 saturated heterocycles. The van der Waals surface area contributed by atoms with Crippen LogP contribution in [0.2, 0.25) is 0 Å². The SMILES string of the molecule is CN=C(NCCc1cn2ccccc2n1)NC(C)Cc1ccc(C)s1.I. The maximum Gasteiger partial charge on any atom is 0.191 e. The van der Waals surface area contributed by atoms with Crippen LogP contribution >= 0.6 is 35.3 Å². The van der Waals surface area contributed by atoms with Gasteiger partial charge in [-0.3, -0.25) is 4.99 Å². The van der Waals surface area contributed by atoms with E-state index in [9.17, 15) is 0 Å². The summed E-state index contributed by atoms with van der Waals surface area (Å²) in [6.07, 6.45) is 5.97. The summed E-state index contributed by atoms with van der Waals surface area (Å²) in [5.41, 5.74) is 2.07. The highest BCUT2D eigenvalue weighted by atomic mass is 127. The van der Waals surface area contributed by atoms with Crippen molar-refractivity contribution in [1.82, 2.24) is 20.0 Å². The molecule has 7 heteroatoms. The van der Waals surface area contributed by atoms with Crippen LogP contribution in [-0.2, 0) is 12.8 Å². The van der Waals surface area contributed by atoms with E-state index in [-0.39, 0.29) is 24.0 Å². The van der Waals surface area contributed by atoms with E-state index in [4.69, 9.17) is 0 Å². The first-order valence-electron chi connectivity index (χ1n) is 8.59. The van der Waals surface area contributed by atoms with Gasteiger partial charge in [-0.25, -0.2) is 4.98 Å². The number of aromatic nitrogens is 2. The van der Waals surface area contributed by atoms with Gasteiger partial charge in [-0.15, -0.1) is 35.3 Å². The lowest BCUT2D eigenvalue weighted by molar-refractivity contribution is 0.644. The average molecular weight is 483 g/mol. The van der Waals surface area contributed by atoms with Gasteiger partial charge in [0.25, 0.3) is 0 Å². The zero-order valence-electron chi connectivity index (χ0n) is 15.4. The maximum absolute atomic E-state index is 4.62. The second-order valence-corrected chi connectivity index (χ2v) is 7.58. The Morgan fingerprint density at radius 3 is 2.85 bits per heavy atom. The predicted molar refractivity (Wildman–Crippen MR) is 121 cm³/mol. The molecule has 0 fully saturated rings. The lowest BCUT2D eigenvalue weighted by Crippen LogP contribution is -2.43. The van der Waals surface area contributed by atoms with Gasteiger partial charge in [-0.1, -0.05) is 6.07 Å². The van der Waals surface area contributed by atoms with Gasteiger partial charge < -0.3 is 15.0 Å². The standard InChI is InChI=1S/C19H25N5S.HI/c1-14(12-17-8-7-15(2)25-17)22-19(20-3)21-10-9-16-13-24-11-5-4-6-18(24)23-16;/h4-8,11,13-14H,9-10,12H2,1-3H3,(H2,20,21,22);1H. The van der Waals surface area contributed by atoms with Crippen molar-refractivity contribution in [2.75, 3.05) is 13.6 Å². The number of aryl methyl sites for hydroxylation is 1. The van der Waals surface area contributed by atoms with Crippen molar-refractivity contribution in [1.29, 1.82) is 0 Å². The Kier molecular flexibility index (Phi) is 7.89. The Labute approximate surface area is 176 Å². The zero-order chi connectivity index (χ0) is 17.6. The molecule has 0 aliphatic rings. The third-order valence-electron chi connectivity index (χ3n) is 4.00. The molecule has 3 aromatic rings. The van der Waals surface area contributed by atoms with Crippen LogP contribution in [0.1, 0.15) is 22.4 Å².